The Labute approximate surface area is 229 Å². The van der Waals surface area contributed by atoms with Gasteiger partial charge in [0.2, 0.25) is 11.9 Å². The molecule has 40 heavy (non-hydrogen) atoms. The molecule has 2 heterocycles. The zero-order valence-electron chi connectivity index (χ0n) is 22.1. The molecule has 1 saturated carbocycles. The Morgan fingerprint density at radius 3 is 2.17 bits per heavy atom. The van der Waals surface area contributed by atoms with Gasteiger partial charge in [-0.2, -0.15) is 4.98 Å². The molecule has 0 saturated heterocycles. The van der Waals surface area contributed by atoms with Crippen molar-refractivity contribution < 1.29 is 23.9 Å². The predicted molar refractivity (Wildman–Crippen MR) is 146 cm³/mol. The first-order valence-corrected chi connectivity index (χ1v) is 13.0. The number of carbonyl (C=O) groups is 3. The van der Waals surface area contributed by atoms with Gasteiger partial charge in [0.15, 0.2) is 11.2 Å². The highest BCUT2D eigenvalue weighted by Gasteiger charge is 2.44. The third-order valence-electron chi connectivity index (χ3n) is 7.05. The number of nitrogens with one attached hydrogen (secondary N) is 2. The normalized spacial score (nSPS) is 18.2. The van der Waals surface area contributed by atoms with Crippen molar-refractivity contribution >= 4 is 35.0 Å². The molecule has 4 aromatic rings. The van der Waals surface area contributed by atoms with E-state index in [1.807, 2.05) is 12.1 Å². The van der Waals surface area contributed by atoms with Crippen molar-refractivity contribution in [2.75, 3.05) is 18.5 Å². The molecule has 2 N–H and O–H groups in total. The highest BCUT2D eigenvalue weighted by molar-refractivity contribution is 5.91. The van der Waals surface area contributed by atoms with Gasteiger partial charge in [-0.3, -0.25) is 19.9 Å². The minimum absolute atomic E-state index is 0.0256. The number of anilines is 1. The molecule has 3 atom stereocenters. The van der Waals surface area contributed by atoms with Gasteiger partial charge in [0.1, 0.15) is 0 Å². The fourth-order valence-electron chi connectivity index (χ4n) is 4.70. The van der Waals surface area contributed by atoms with Gasteiger partial charge in [-0.1, -0.05) is 50.2 Å². The van der Waals surface area contributed by atoms with Gasteiger partial charge in [-0.25, -0.2) is 14.6 Å². The van der Waals surface area contributed by atoms with E-state index in [4.69, 9.17) is 9.47 Å². The summed E-state index contributed by atoms with van der Waals surface area (Å²) in [5.74, 6) is -1.82. The molecule has 5 rings (SSSR count). The van der Waals surface area contributed by atoms with E-state index in [2.05, 4.69) is 20.3 Å². The Bertz CT molecular complexity index is 1580. The second kappa shape index (κ2) is 11.5. The maximum Gasteiger partial charge on any atom is 0.338 e. The fraction of sp³-hybridized carbons (Fsp3) is 0.310. The number of nitrogens with zero attached hydrogens (tertiary/aromatic N) is 3. The summed E-state index contributed by atoms with van der Waals surface area (Å²) >= 11 is 0. The number of aromatic amines is 1. The predicted octanol–water partition coefficient (Wildman–Crippen LogP) is 3.61. The van der Waals surface area contributed by atoms with Gasteiger partial charge in [-0.05, 0) is 30.7 Å². The summed E-state index contributed by atoms with van der Waals surface area (Å²) in [7, 11) is 0. The molecule has 1 fully saturated rings. The number of amides is 1. The SMILES string of the molecule is CC(C)C(=O)Nc1nc2c(ncn2[C@H]2C[C@@H](COC(=O)c3ccccc3)[C@@H]2COC(=O)c2ccccc2)c(=O)[nH]1. The molecular weight excluding hydrogens is 514 g/mol. The number of H-pyrrole nitrogens is 1. The highest BCUT2D eigenvalue weighted by Crippen LogP contribution is 2.45. The van der Waals surface area contributed by atoms with Gasteiger partial charge in [0.05, 0.1) is 30.7 Å². The Kier molecular flexibility index (Phi) is 7.72. The Balaban J connectivity index is 1.37. The lowest BCUT2D eigenvalue weighted by molar-refractivity contribution is -0.118. The van der Waals surface area contributed by atoms with Gasteiger partial charge < -0.3 is 14.0 Å². The fourth-order valence-corrected chi connectivity index (χ4v) is 4.70. The van der Waals surface area contributed by atoms with Crippen molar-refractivity contribution in [1.82, 2.24) is 19.5 Å². The number of ether oxygens (including phenoxy) is 2. The minimum Gasteiger partial charge on any atom is -0.462 e. The summed E-state index contributed by atoms with van der Waals surface area (Å²) in [6.45, 7) is 3.66. The minimum atomic E-state index is -0.484. The third-order valence-corrected chi connectivity index (χ3v) is 7.05. The number of benzene rings is 2. The van der Waals surface area contributed by atoms with Crippen LogP contribution in [0.2, 0.25) is 0 Å². The van der Waals surface area contributed by atoms with Crippen LogP contribution < -0.4 is 10.9 Å². The molecule has 11 heteroatoms. The van der Waals surface area contributed by atoms with Gasteiger partial charge in [0, 0.05) is 23.8 Å². The van der Waals surface area contributed by atoms with E-state index in [1.165, 1.54) is 6.33 Å². The quantitative estimate of drug-likeness (QED) is 0.305. The first-order valence-electron chi connectivity index (χ1n) is 13.0. The molecule has 0 bridgehead atoms. The van der Waals surface area contributed by atoms with Crippen LogP contribution in [0.3, 0.4) is 0 Å². The maximum absolute atomic E-state index is 12.7. The molecule has 0 radical (unpaired) electrons. The van der Waals surface area contributed by atoms with E-state index in [0.717, 1.165) is 0 Å². The maximum atomic E-state index is 12.7. The monoisotopic (exact) mass is 543 g/mol. The van der Waals surface area contributed by atoms with Crippen molar-refractivity contribution in [3.63, 3.8) is 0 Å². The molecule has 206 valence electrons. The average Bonchev–Trinajstić information content (AvgIpc) is 3.37. The topological polar surface area (TPSA) is 145 Å². The molecule has 0 unspecified atom stereocenters. The summed E-state index contributed by atoms with van der Waals surface area (Å²) in [5, 5.41) is 2.62. The lowest BCUT2D eigenvalue weighted by Gasteiger charge is -2.44. The van der Waals surface area contributed by atoms with Crippen LogP contribution in [-0.2, 0) is 14.3 Å². The third kappa shape index (κ3) is 5.63. The summed E-state index contributed by atoms with van der Waals surface area (Å²) in [4.78, 5) is 61.3. The van der Waals surface area contributed by atoms with Crippen LogP contribution in [0.1, 0.15) is 47.0 Å². The van der Waals surface area contributed by atoms with Crippen molar-refractivity contribution in [3.05, 3.63) is 88.5 Å². The van der Waals surface area contributed by atoms with E-state index >= 15 is 0 Å². The number of carbonyl (C=O) groups excluding carboxylic acids is 3. The Morgan fingerprint density at radius 2 is 1.57 bits per heavy atom. The zero-order chi connectivity index (χ0) is 28.2. The van der Waals surface area contributed by atoms with Crippen molar-refractivity contribution in [1.29, 1.82) is 0 Å². The molecule has 1 aliphatic carbocycles. The van der Waals surface area contributed by atoms with E-state index < -0.39 is 17.5 Å². The van der Waals surface area contributed by atoms with Gasteiger partial charge >= 0.3 is 11.9 Å². The van der Waals surface area contributed by atoms with Crippen LogP contribution in [0.5, 0.6) is 0 Å². The van der Waals surface area contributed by atoms with Crippen LogP contribution in [0.4, 0.5) is 5.95 Å². The van der Waals surface area contributed by atoms with Crippen molar-refractivity contribution in [3.8, 4) is 0 Å². The summed E-state index contributed by atoms with van der Waals surface area (Å²) in [6, 6.07) is 17.1. The molecule has 2 aromatic heterocycles. The van der Waals surface area contributed by atoms with E-state index in [9.17, 15) is 19.2 Å². The largest absolute Gasteiger partial charge is 0.462 e. The van der Waals surface area contributed by atoms with Crippen molar-refractivity contribution in [2.24, 2.45) is 17.8 Å². The second-order valence-electron chi connectivity index (χ2n) is 10.0. The molecule has 1 amide bonds. The van der Waals surface area contributed by atoms with E-state index in [-0.39, 0.29) is 54.4 Å². The number of aromatic nitrogens is 4. The first-order chi connectivity index (χ1) is 19.3. The molecule has 0 spiro atoms. The van der Waals surface area contributed by atoms with E-state index in [1.54, 1.807) is 66.9 Å². The number of rotatable bonds is 9. The lowest BCUT2D eigenvalue weighted by Crippen LogP contribution is -2.44. The standard InChI is InChI=1S/C29H29N5O6/c1-17(2)25(35)32-29-31-24-23(26(36)33-29)30-16-34(24)22-13-20(14-39-27(37)18-9-5-3-6-10-18)21(22)15-40-28(38)19-11-7-4-8-12-19/h3-12,16-17,20-22H,13-15H2,1-2H3,(H2,31,32,33,35,36)/t20-,21-,22-/m0/s1. The summed E-state index contributed by atoms with van der Waals surface area (Å²) < 4.78 is 13.0. The van der Waals surface area contributed by atoms with E-state index in [0.29, 0.717) is 23.2 Å². The number of fused-ring (bicyclic) bond motifs is 1. The average molecular weight is 544 g/mol. The Morgan fingerprint density at radius 1 is 0.975 bits per heavy atom. The summed E-state index contributed by atoms with van der Waals surface area (Å²) in [6.07, 6.45) is 2.09. The molecule has 2 aromatic carbocycles. The zero-order valence-corrected chi connectivity index (χ0v) is 22.1. The van der Waals surface area contributed by atoms with Crippen LogP contribution in [0.25, 0.3) is 11.2 Å². The first kappa shape index (κ1) is 26.8. The van der Waals surface area contributed by atoms with Crippen LogP contribution >= 0.6 is 0 Å². The Hall–Kier alpha value is -4.80. The number of hydrogen-bond donors (Lipinski definition) is 2. The van der Waals surface area contributed by atoms with Crippen LogP contribution in [0, 0.1) is 17.8 Å². The molecule has 11 nitrogen and oxygen atoms in total. The van der Waals surface area contributed by atoms with Crippen LogP contribution in [-0.4, -0.2) is 50.6 Å². The number of imidazole rings is 1. The van der Waals surface area contributed by atoms with Crippen molar-refractivity contribution in [2.45, 2.75) is 26.3 Å². The second-order valence-corrected chi connectivity index (χ2v) is 10.0. The smallest absolute Gasteiger partial charge is 0.338 e. The summed E-state index contributed by atoms with van der Waals surface area (Å²) in [5.41, 5.74) is 0.818. The highest BCUT2D eigenvalue weighted by atomic mass is 16.5. The van der Waals surface area contributed by atoms with Gasteiger partial charge in [-0.15, -0.1) is 0 Å². The molecule has 0 aliphatic heterocycles. The molecule has 1 aliphatic rings. The lowest BCUT2D eigenvalue weighted by atomic mass is 9.69. The number of hydrogen-bond acceptors (Lipinski definition) is 8. The van der Waals surface area contributed by atoms with Gasteiger partial charge in [0.25, 0.3) is 5.56 Å². The molecular formula is C29H29N5O6. The van der Waals surface area contributed by atoms with Crippen LogP contribution in [0.15, 0.2) is 71.8 Å². The number of esters is 2.